The van der Waals surface area contributed by atoms with E-state index in [2.05, 4.69) is 10.4 Å². The van der Waals surface area contributed by atoms with Crippen LogP contribution >= 0.6 is 0 Å². The van der Waals surface area contributed by atoms with Crippen molar-refractivity contribution in [3.05, 3.63) is 12.3 Å². The van der Waals surface area contributed by atoms with Gasteiger partial charge >= 0.3 is 5.97 Å². The highest BCUT2D eigenvalue weighted by molar-refractivity contribution is 7.89. The predicted molar refractivity (Wildman–Crippen MR) is 86.9 cm³/mol. The summed E-state index contributed by atoms with van der Waals surface area (Å²) < 4.78 is 27.1. The standard InChI is InChI=1S/C14H22N4O5S/c1-2-9-24(22,23)18-7-4-3-5-11(18)14(21)15-12-6-8-17(16-12)10-13(19)20/h6,8,11H,2-5,7,9-10H2,1H3,(H,19,20)(H,15,16,21). The van der Waals surface area contributed by atoms with Crippen molar-refractivity contribution >= 4 is 27.7 Å². The number of anilines is 1. The van der Waals surface area contributed by atoms with Crippen LogP contribution in [0.25, 0.3) is 0 Å². The third kappa shape index (κ3) is 4.54. The Labute approximate surface area is 140 Å². The van der Waals surface area contributed by atoms with Crippen LogP contribution in [-0.2, 0) is 26.2 Å². The Balaban J connectivity index is 2.08. The quantitative estimate of drug-likeness (QED) is 0.732. The van der Waals surface area contributed by atoms with E-state index in [1.165, 1.54) is 21.3 Å². The molecule has 0 radical (unpaired) electrons. The number of piperidine rings is 1. The van der Waals surface area contributed by atoms with Crippen molar-refractivity contribution < 1.29 is 23.1 Å². The van der Waals surface area contributed by atoms with Crippen molar-refractivity contribution in [3.8, 4) is 0 Å². The molecular formula is C14H22N4O5S. The molecule has 2 rings (SSSR count). The van der Waals surface area contributed by atoms with Crippen molar-refractivity contribution in [1.29, 1.82) is 0 Å². The summed E-state index contributed by atoms with van der Waals surface area (Å²) in [5, 5.41) is 15.2. The van der Waals surface area contributed by atoms with E-state index in [-0.39, 0.29) is 18.1 Å². The van der Waals surface area contributed by atoms with Gasteiger partial charge in [-0.25, -0.2) is 8.42 Å². The minimum Gasteiger partial charge on any atom is -0.480 e. The van der Waals surface area contributed by atoms with Gasteiger partial charge in [-0.1, -0.05) is 13.3 Å². The van der Waals surface area contributed by atoms with Gasteiger partial charge in [0.15, 0.2) is 5.82 Å². The fourth-order valence-corrected chi connectivity index (χ4v) is 4.49. The number of aromatic nitrogens is 2. The number of sulfonamides is 1. The van der Waals surface area contributed by atoms with Crippen LogP contribution in [0.3, 0.4) is 0 Å². The molecule has 1 unspecified atom stereocenters. The zero-order chi connectivity index (χ0) is 17.7. The minimum absolute atomic E-state index is 0.0179. The van der Waals surface area contributed by atoms with Crippen LogP contribution in [0.4, 0.5) is 5.82 Å². The van der Waals surface area contributed by atoms with Gasteiger partial charge in [0.2, 0.25) is 15.9 Å². The lowest BCUT2D eigenvalue weighted by Crippen LogP contribution is -2.50. The molecule has 0 aliphatic carbocycles. The monoisotopic (exact) mass is 358 g/mol. The summed E-state index contributed by atoms with van der Waals surface area (Å²) in [5.74, 6) is -1.25. The normalized spacial score (nSPS) is 19.1. The van der Waals surface area contributed by atoms with E-state index in [9.17, 15) is 18.0 Å². The fraction of sp³-hybridized carbons (Fsp3) is 0.643. The molecule has 1 aliphatic heterocycles. The molecule has 0 saturated carbocycles. The van der Waals surface area contributed by atoms with E-state index in [1.54, 1.807) is 6.92 Å². The maximum atomic E-state index is 12.5. The molecule has 1 fully saturated rings. The van der Waals surface area contributed by atoms with Crippen molar-refractivity contribution in [2.45, 2.75) is 45.2 Å². The number of carbonyl (C=O) groups is 2. The Morgan fingerprint density at radius 2 is 2.17 bits per heavy atom. The Bertz CT molecular complexity index is 700. The van der Waals surface area contributed by atoms with Crippen molar-refractivity contribution in [1.82, 2.24) is 14.1 Å². The Morgan fingerprint density at radius 1 is 1.42 bits per heavy atom. The van der Waals surface area contributed by atoms with Gasteiger partial charge in [-0.05, 0) is 19.3 Å². The number of hydrogen-bond acceptors (Lipinski definition) is 5. The molecule has 2 heterocycles. The summed E-state index contributed by atoms with van der Waals surface area (Å²) in [6, 6.07) is 0.731. The second kappa shape index (κ2) is 7.75. The molecule has 10 heteroatoms. The second-order valence-corrected chi connectivity index (χ2v) is 7.76. The number of hydrogen-bond donors (Lipinski definition) is 2. The van der Waals surface area contributed by atoms with Gasteiger partial charge < -0.3 is 10.4 Å². The minimum atomic E-state index is -3.46. The van der Waals surface area contributed by atoms with Crippen LogP contribution < -0.4 is 5.32 Å². The lowest BCUT2D eigenvalue weighted by atomic mass is 10.0. The third-order valence-electron chi connectivity index (χ3n) is 3.76. The van der Waals surface area contributed by atoms with Gasteiger partial charge in [0.25, 0.3) is 0 Å². The number of carbonyl (C=O) groups excluding carboxylic acids is 1. The van der Waals surface area contributed by atoms with Gasteiger partial charge in [0, 0.05) is 18.8 Å². The van der Waals surface area contributed by atoms with Crippen LogP contribution in [0, 0.1) is 0 Å². The Hall–Kier alpha value is -1.94. The van der Waals surface area contributed by atoms with Crippen molar-refractivity contribution in [2.75, 3.05) is 17.6 Å². The average molecular weight is 358 g/mol. The lowest BCUT2D eigenvalue weighted by Gasteiger charge is -2.33. The maximum Gasteiger partial charge on any atom is 0.325 e. The molecule has 134 valence electrons. The highest BCUT2D eigenvalue weighted by Crippen LogP contribution is 2.22. The van der Waals surface area contributed by atoms with E-state index in [0.717, 1.165) is 12.8 Å². The summed E-state index contributed by atoms with van der Waals surface area (Å²) in [7, 11) is -3.46. The van der Waals surface area contributed by atoms with Crippen molar-refractivity contribution in [2.24, 2.45) is 0 Å². The van der Waals surface area contributed by atoms with Crippen LogP contribution in [0.5, 0.6) is 0 Å². The van der Waals surface area contributed by atoms with E-state index >= 15 is 0 Å². The Morgan fingerprint density at radius 3 is 2.83 bits per heavy atom. The van der Waals surface area contributed by atoms with Gasteiger partial charge in [-0.3, -0.25) is 14.3 Å². The number of nitrogens with one attached hydrogen (secondary N) is 1. The van der Waals surface area contributed by atoms with E-state index in [4.69, 9.17) is 5.11 Å². The lowest BCUT2D eigenvalue weighted by molar-refractivity contribution is -0.137. The molecule has 24 heavy (non-hydrogen) atoms. The summed E-state index contributed by atoms with van der Waals surface area (Å²) in [5.41, 5.74) is 0. The Kier molecular flexibility index (Phi) is 5.94. The molecule has 0 bridgehead atoms. The smallest absolute Gasteiger partial charge is 0.325 e. The molecule has 1 atom stereocenters. The molecule has 1 amide bonds. The highest BCUT2D eigenvalue weighted by Gasteiger charge is 2.36. The van der Waals surface area contributed by atoms with Gasteiger partial charge in [0.1, 0.15) is 12.6 Å². The summed E-state index contributed by atoms with van der Waals surface area (Å²) in [6.07, 6.45) is 3.91. The molecule has 9 nitrogen and oxygen atoms in total. The SMILES string of the molecule is CCCS(=O)(=O)N1CCCCC1C(=O)Nc1ccn(CC(=O)O)n1. The van der Waals surface area contributed by atoms with Gasteiger partial charge in [-0.15, -0.1) is 0 Å². The molecule has 0 spiro atoms. The fourth-order valence-electron chi connectivity index (χ4n) is 2.74. The zero-order valence-corrected chi connectivity index (χ0v) is 14.3. The summed E-state index contributed by atoms with van der Waals surface area (Å²) in [4.78, 5) is 23.1. The summed E-state index contributed by atoms with van der Waals surface area (Å²) >= 11 is 0. The summed E-state index contributed by atoms with van der Waals surface area (Å²) in [6.45, 7) is 1.82. The molecule has 1 aliphatic rings. The first-order valence-electron chi connectivity index (χ1n) is 7.89. The zero-order valence-electron chi connectivity index (χ0n) is 13.5. The molecule has 1 saturated heterocycles. The number of amides is 1. The molecule has 1 aromatic heterocycles. The molecule has 0 aromatic carbocycles. The predicted octanol–water partition coefficient (Wildman–Crippen LogP) is 0.500. The van der Waals surface area contributed by atoms with Gasteiger partial charge in [0.05, 0.1) is 5.75 Å². The first-order valence-corrected chi connectivity index (χ1v) is 9.50. The third-order valence-corrected chi connectivity index (χ3v) is 5.84. The van der Waals surface area contributed by atoms with E-state index in [1.807, 2.05) is 0 Å². The van der Waals surface area contributed by atoms with Crippen LogP contribution in [-0.4, -0.2) is 57.8 Å². The average Bonchev–Trinajstić information content (AvgIpc) is 2.93. The molecular weight excluding hydrogens is 336 g/mol. The largest absolute Gasteiger partial charge is 0.480 e. The first-order chi connectivity index (χ1) is 11.3. The highest BCUT2D eigenvalue weighted by atomic mass is 32.2. The van der Waals surface area contributed by atoms with E-state index in [0.29, 0.717) is 19.4 Å². The molecule has 1 aromatic rings. The number of carboxylic acids is 1. The number of aliphatic carboxylic acids is 1. The van der Waals surface area contributed by atoms with Crippen LogP contribution in [0.1, 0.15) is 32.6 Å². The first kappa shape index (κ1) is 18.4. The van der Waals surface area contributed by atoms with Crippen LogP contribution in [0.15, 0.2) is 12.3 Å². The maximum absolute atomic E-state index is 12.5. The number of nitrogens with zero attached hydrogens (tertiary/aromatic N) is 3. The van der Waals surface area contributed by atoms with Crippen molar-refractivity contribution in [3.63, 3.8) is 0 Å². The van der Waals surface area contributed by atoms with Gasteiger partial charge in [-0.2, -0.15) is 9.40 Å². The van der Waals surface area contributed by atoms with Crippen LogP contribution in [0.2, 0.25) is 0 Å². The van der Waals surface area contributed by atoms with E-state index < -0.39 is 27.9 Å². The number of rotatable bonds is 7. The number of carboxylic acid groups (broad SMARTS) is 1. The molecule has 2 N–H and O–H groups in total. The second-order valence-electron chi connectivity index (χ2n) is 5.72. The topological polar surface area (TPSA) is 122 Å².